The van der Waals surface area contributed by atoms with Crippen LogP contribution in [0, 0.1) is 5.92 Å². The highest BCUT2D eigenvalue weighted by atomic mass is 79.9. The van der Waals surface area contributed by atoms with Gasteiger partial charge in [-0.25, -0.2) is 4.79 Å². The zero-order valence-corrected chi connectivity index (χ0v) is 19.9. The maximum Gasteiger partial charge on any atom is 0.330 e. The minimum absolute atomic E-state index is 0. The first kappa shape index (κ1) is 28.9. The van der Waals surface area contributed by atoms with Gasteiger partial charge in [-0.05, 0) is 19.8 Å². The molecular formula is C23H46BrNO2. The summed E-state index contributed by atoms with van der Waals surface area (Å²) in [4.78, 5) is 11.3. The lowest BCUT2D eigenvalue weighted by Gasteiger charge is -2.19. The van der Waals surface area contributed by atoms with E-state index in [-0.39, 0.29) is 29.1 Å². The predicted octanol–water partition coefficient (Wildman–Crippen LogP) is 2.40. The number of esters is 1. The van der Waals surface area contributed by atoms with Crippen LogP contribution in [0.4, 0.5) is 0 Å². The minimum Gasteiger partial charge on any atom is -1.00 e. The van der Waals surface area contributed by atoms with Crippen molar-refractivity contribution in [2.75, 3.05) is 13.6 Å². The summed E-state index contributed by atoms with van der Waals surface area (Å²) < 4.78 is 5.32. The Hall–Kier alpha value is -0.350. The lowest BCUT2D eigenvalue weighted by atomic mass is 9.94. The third-order valence-corrected chi connectivity index (χ3v) is 5.18. The van der Waals surface area contributed by atoms with Gasteiger partial charge in [0.15, 0.2) is 0 Å². The summed E-state index contributed by atoms with van der Waals surface area (Å²) in [5.41, 5.74) is 0. The van der Waals surface area contributed by atoms with E-state index in [0.717, 1.165) is 13.0 Å². The summed E-state index contributed by atoms with van der Waals surface area (Å²) in [5, 5.41) is 2.24. The van der Waals surface area contributed by atoms with E-state index in [2.05, 4.69) is 25.9 Å². The van der Waals surface area contributed by atoms with Gasteiger partial charge in [0.25, 0.3) is 0 Å². The number of carbonyl (C=O) groups is 1. The maximum atomic E-state index is 11.3. The molecule has 0 bridgehead atoms. The first-order chi connectivity index (χ1) is 12.6. The van der Waals surface area contributed by atoms with E-state index in [0.29, 0.717) is 5.92 Å². The third kappa shape index (κ3) is 20.2. The molecule has 2 atom stereocenters. The lowest BCUT2D eigenvalue weighted by molar-refractivity contribution is -0.633. The molecule has 0 saturated carbocycles. The summed E-state index contributed by atoms with van der Waals surface area (Å²) in [6.45, 7) is 8.85. The second kappa shape index (κ2) is 21.9. The first-order valence-electron chi connectivity index (χ1n) is 11.2. The number of ether oxygens (including phenoxy) is 1. The Bertz CT molecular complexity index is 336. The molecule has 0 aliphatic carbocycles. The molecule has 0 aromatic heterocycles. The Morgan fingerprint density at radius 2 is 1.44 bits per heavy atom. The Morgan fingerprint density at radius 3 is 1.89 bits per heavy atom. The molecule has 0 aliphatic heterocycles. The Kier molecular flexibility index (Phi) is 23.5. The Balaban J connectivity index is 0. The largest absolute Gasteiger partial charge is 1.00 e. The van der Waals surface area contributed by atoms with Crippen molar-refractivity contribution >= 4 is 5.97 Å². The second-order valence-corrected chi connectivity index (χ2v) is 7.88. The van der Waals surface area contributed by atoms with Crippen molar-refractivity contribution in [3.63, 3.8) is 0 Å². The minimum atomic E-state index is -0.304. The molecule has 0 rings (SSSR count). The molecular weight excluding hydrogens is 402 g/mol. The molecule has 4 heteroatoms. The van der Waals surface area contributed by atoms with E-state index in [1.807, 2.05) is 6.92 Å². The quantitative estimate of drug-likeness (QED) is 0.187. The molecule has 0 heterocycles. The van der Waals surface area contributed by atoms with Crippen LogP contribution in [0.15, 0.2) is 12.7 Å². The summed E-state index contributed by atoms with van der Waals surface area (Å²) in [5.74, 6) is 0.331. The standard InChI is InChI=1S/C23H45NO2.BrH/c1-5-7-8-9-10-11-12-13-14-15-16-17-18-22(20-24-4)19-21(3)26-23(25)6-2;/h6,21-22,24H,2,5,7-20H2,1,3-4H3;1H. The van der Waals surface area contributed by atoms with Gasteiger partial charge >= 0.3 is 5.97 Å². The fourth-order valence-electron chi connectivity index (χ4n) is 3.70. The van der Waals surface area contributed by atoms with Crippen LogP contribution in [0.2, 0.25) is 0 Å². The van der Waals surface area contributed by atoms with Gasteiger partial charge < -0.3 is 27.0 Å². The van der Waals surface area contributed by atoms with Crippen molar-refractivity contribution in [3.05, 3.63) is 12.7 Å². The van der Waals surface area contributed by atoms with Gasteiger partial charge in [-0.2, -0.15) is 0 Å². The van der Waals surface area contributed by atoms with Crippen molar-refractivity contribution in [3.8, 4) is 0 Å². The van der Waals surface area contributed by atoms with Crippen molar-refractivity contribution in [1.29, 1.82) is 0 Å². The number of hydrogen-bond acceptors (Lipinski definition) is 2. The molecule has 0 saturated heterocycles. The SMILES string of the molecule is C=CC(=O)OC(C)CC(CCCCCCCCCCCCCC)C[NH2+]C.[Br-]. The van der Waals surface area contributed by atoms with Gasteiger partial charge in [-0.15, -0.1) is 0 Å². The molecule has 0 aromatic carbocycles. The molecule has 0 spiro atoms. The average molecular weight is 449 g/mol. The summed E-state index contributed by atoms with van der Waals surface area (Å²) in [6.07, 6.45) is 20.2. The van der Waals surface area contributed by atoms with Gasteiger partial charge in [-0.1, -0.05) is 90.6 Å². The summed E-state index contributed by atoms with van der Waals surface area (Å²) >= 11 is 0. The van der Waals surface area contributed by atoms with E-state index < -0.39 is 0 Å². The number of nitrogens with two attached hydrogens (primary N) is 1. The molecule has 2 N–H and O–H groups in total. The van der Waals surface area contributed by atoms with E-state index >= 15 is 0 Å². The monoisotopic (exact) mass is 447 g/mol. The topological polar surface area (TPSA) is 42.9 Å². The van der Waals surface area contributed by atoms with Gasteiger partial charge in [0, 0.05) is 12.0 Å². The van der Waals surface area contributed by atoms with Crippen molar-refractivity contribution in [2.45, 2.75) is 110 Å². The van der Waals surface area contributed by atoms with Crippen LogP contribution < -0.4 is 22.3 Å². The molecule has 3 nitrogen and oxygen atoms in total. The highest BCUT2D eigenvalue weighted by molar-refractivity contribution is 5.81. The smallest absolute Gasteiger partial charge is 0.330 e. The van der Waals surface area contributed by atoms with Crippen LogP contribution in [0.5, 0.6) is 0 Å². The number of hydrogen-bond donors (Lipinski definition) is 1. The zero-order chi connectivity index (χ0) is 19.5. The number of unbranched alkanes of at least 4 members (excludes halogenated alkanes) is 11. The number of quaternary nitrogens is 1. The van der Waals surface area contributed by atoms with Crippen LogP contribution in [-0.2, 0) is 9.53 Å². The van der Waals surface area contributed by atoms with Gasteiger partial charge in [0.2, 0.25) is 0 Å². The molecule has 0 radical (unpaired) electrons. The average Bonchev–Trinajstić information content (AvgIpc) is 2.62. The first-order valence-corrected chi connectivity index (χ1v) is 11.2. The highest BCUT2D eigenvalue weighted by Crippen LogP contribution is 2.18. The van der Waals surface area contributed by atoms with Crippen molar-refractivity contribution in [1.82, 2.24) is 0 Å². The van der Waals surface area contributed by atoms with Crippen molar-refractivity contribution in [2.24, 2.45) is 5.92 Å². The van der Waals surface area contributed by atoms with E-state index in [1.165, 1.54) is 89.5 Å². The van der Waals surface area contributed by atoms with E-state index in [9.17, 15) is 4.79 Å². The van der Waals surface area contributed by atoms with Gasteiger partial charge in [0.1, 0.15) is 0 Å². The Labute approximate surface area is 179 Å². The molecule has 27 heavy (non-hydrogen) atoms. The molecule has 162 valence electrons. The van der Waals surface area contributed by atoms with E-state index in [4.69, 9.17) is 4.74 Å². The maximum absolute atomic E-state index is 11.3. The van der Waals surface area contributed by atoms with Crippen LogP contribution in [0.1, 0.15) is 104 Å². The number of carbonyl (C=O) groups excluding carboxylic acids is 1. The number of halogens is 1. The molecule has 0 fully saturated rings. The van der Waals surface area contributed by atoms with Crippen LogP contribution in [0.25, 0.3) is 0 Å². The molecule has 0 aliphatic rings. The molecule has 0 amide bonds. The van der Waals surface area contributed by atoms with E-state index in [1.54, 1.807) is 0 Å². The summed E-state index contributed by atoms with van der Waals surface area (Å²) in [6, 6.07) is 0. The van der Waals surface area contributed by atoms with Crippen LogP contribution in [-0.4, -0.2) is 25.7 Å². The highest BCUT2D eigenvalue weighted by Gasteiger charge is 2.16. The lowest BCUT2D eigenvalue weighted by Crippen LogP contribution is -3.00. The fourth-order valence-corrected chi connectivity index (χ4v) is 3.70. The van der Waals surface area contributed by atoms with Crippen LogP contribution >= 0.6 is 0 Å². The number of rotatable bonds is 19. The second-order valence-electron chi connectivity index (χ2n) is 7.88. The van der Waals surface area contributed by atoms with Gasteiger partial charge in [0.05, 0.1) is 19.7 Å². The molecule has 0 aromatic rings. The predicted molar refractivity (Wildman–Crippen MR) is 112 cm³/mol. The van der Waals surface area contributed by atoms with Crippen molar-refractivity contribution < 1.29 is 31.8 Å². The van der Waals surface area contributed by atoms with Gasteiger partial charge in [-0.3, -0.25) is 0 Å². The Morgan fingerprint density at radius 1 is 0.963 bits per heavy atom. The third-order valence-electron chi connectivity index (χ3n) is 5.18. The normalized spacial score (nSPS) is 12.9. The zero-order valence-electron chi connectivity index (χ0n) is 18.3. The fraction of sp³-hybridized carbons (Fsp3) is 0.870. The molecule has 2 unspecified atom stereocenters. The summed E-state index contributed by atoms with van der Waals surface area (Å²) in [7, 11) is 2.12. The van der Waals surface area contributed by atoms with Crippen LogP contribution in [0.3, 0.4) is 0 Å².